The first kappa shape index (κ1) is 25.1. The maximum atomic E-state index is 14.2. The number of ether oxygens (including phenoxy) is 1. The Morgan fingerprint density at radius 3 is 2.36 bits per heavy atom. The highest BCUT2D eigenvalue weighted by Crippen LogP contribution is 2.25. The summed E-state index contributed by atoms with van der Waals surface area (Å²) in [7, 11) is 1.59. The number of carbonyl (C=O) groups excluding carboxylic acids is 2. The summed E-state index contributed by atoms with van der Waals surface area (Å²) in [6.45, 7) is 3.13. The lowest BCUT2D eigenvalue weighted by Crippen LogP contribution is -2.51. The van der Waals surface area contributed by atoms with E-state index in [1.807, 2.05) is 35.2 Å². The van der Waals surface area contributed by atoms with Crippen LogP contribution in [-0.2, 0) is 16.1 Å². The van der Waals surface area contributed by atoms with Crippen molar-refractivity contribution in [2.45, 2.75) is 12.6 Å². The van der Waals surface area contributed by atoms with Crippen LogP contribution in [0.4, 0.5) is 10.1 Å². The summed E-state index contributed by atoms with van der Waals surface area (Å²) < 4.78 is 19.4. The first-order valence-corrected chi connectivity index (χ1v) is 11.9. The molecule has 1 aromatic heterocycles. The quantitative estimate of drug-likeness (QED) is 0.471. The molecular weight excluding hydrogens is 461 g/mol. The second-order valence-electron chi connectivity index (χ2n) is 8.52. The summed E-state index contributed by atoms with van der Waals surface area (Å²) in [5.74, 6) is -0.899. The van der Waals surface area contributed by atoms with E-state index in [-0.39, 0.29) is 24.9 Å². The molecule has 0 radical (unpaired) electrons. The standard InChI is InChI=1S/C27H30FN5O3/c1-36-22-10-8-20(9-11-22)17-30-26(34)27(35)31-19-25(21-5-4-12-29-18-21)33-15-13-32(14-16-33)24-7-3-2-6-23(24)28/h2-12,18,25H,13-17,19H2,1H3,(H,30,34)(H,31,35)/t25-/m1/s1. The van der Waals surface area contributed by atoms with Gasteiger partial charge in [-0.25, -0.2) is 4.39 Å². The largest absolute Gasteiger partial charge is 0.497 e. The molecule has 8 nitrogen and oxygen atoms in total. The lowest BCUT2D eigenvalue weighted by Gasteiger charge is -2.40. The molecule has 0 saturated carbocycles. The number of aromatic nitrogens is 1. The molecule has 188 valence electrons. The summed E-state index contributed by atoms with van der Waals surface area (Å²) in [4.78, 5) is 33.4. The molecule has 2 N–H and O–H groups in total. The fraction of sp³-hybridized carbons (Fsp3) is 0.296. The molecule has 3 aromatic rings. The minimum Gasteiger partial charge on any atom is -0.497 e. The summed E-state index contributed by atoms with van der Waals surface area (Å²) in [6, 6.07) is 17.7. The van der Waals surface area contributed by atoms with Crippen molar-refractivity contribution in [3.8, 4) is 5.75 Å². The number of benzene rings is 2. The molecule has 2 heterocycles. The van der Waals surface area contributed by atoms with Gasteiger partial charge in [0.1, 0.15) is 11.6 Å². The van der Waals surface area contributed by atoms with Crippen LogP contribution in [0.25, 0.3) is 0 Å². The van der Waals surface area contributed by atoms with E-state index in [2.05, 4.69) is 20.5 Å². The van der Waals surface area contributed by atoms with Gasteiger partial charge in [-0.15, -0.1) is 0 Å². The molecule has 4 rings (SSSR count). The Labute approximate surface area is 210 Å². The first-order chi connectivity index (χ1) is 17.5. The van der Waals surface area contributed by atoms with Crippen LogP contribution in [-0.4, -0.2) is 61.5 Å². The highest BCUT2D eigenvalue weighted by Gasteiger charge is 2.27. The van der Waals surface area contributed by atoms with Gasteiger partial charge < -0.3 is 20.3 Å². The van der Waals surface area contributed by atoms with Gasteiger partial charge in [-0.3, -0.25) is 19.5 Å². The monoisotopic (exact) mass is 491 g/mol. The van der Waals surface area contributed by atoms with E-state index < -0.39 is 11.8 Å². The van der Waals surface area contributed by atoms with Gasteiger partial charge in [-0.1, -0.05) is 30.3 Å². The molecule has 36 heavy (non-hydrogen) atoms. The third-order valence-corrected chi connectivity index (χ3v) is 6.29. The van der Waals surface area contributed by atoms with Gasteiger partial charge in [-0.2, -0.15) is 0 Å². The van der Waals surface area contributed by atoms with Crippen LogP contribution in [0.15, 0.2) is 73.1 Å². The van der Waals surface area contributed by atoms with Crippen molar-refractivity contribution in [1.29, 1.82) is 0 Å². The van der Waals surface area contributed by atoms with Gasteiger partial charge in [0.2, 0.25) is 0 Å². The predicted molar refractivity (Wildman–Crippen MR) is 135 cm³/mol. The SMILES string of the molecule is COc1ccc(CNC(=O)C(=O)NC[C@H](c2cccnc2)N2CCN(c3ccccc3F)CC2)cc1. The Kier molecular flexibility index (Phi) is 8.46. The van der Waals surface area contributed by atoms with Crippen molar-refractivity contribution in [3.05, 3.63) is 90.0 Å². The number of hydrogen-bond acceptors (Lipinski definition) is 6. The van der Waals surface area contributed by atoms with Gasteiger partial charge in [0.15, 0.2) is 0 Å². The number of halogens is 1. The van der Waals surface area contributed by atoms with Crippen LogP contribution in [0, 0.1) is 5.82 Å². The Hall–Kier alpha value is -3.98. The highest BCUT2D eigenvalue weighted by atomic mass is 19.1. The minimum absolute atomic E-state index is 0.167. The number of rotatable bonds is 8. The van der Waals surface area contributed by atoms with Gasteiger partial charge >= 0.3 is 11.8 Å². The third kappa shape index (κ3) is 6.37. The topological polar surface area (TPSA) is 86.8 Å². The number of hydrogen-bond donors (Lipinski definition) is 2. The normalized spacial score (nSPS) is 14.7. The van der Waals surface area contributed by atoms with Gasteiger partial charge in [-0.05, 0) is 41.5 Å². The molecule has 1 fully saturated rings. The summed E-state index contributed by atoms with van der Waals surface area (Å²) in [5, 5.41) is 5.42. The fourth-order valence-electron chi connectivity index (χ4n) is 4.29. The Morgan fingerprint density at radius 2 is 1.69 bits per heavy atom. The van der Waals surface area contributed by atoms with Crippen molar-refractivity contribution < 1.29 is 18.7 Å². The van der Waals surface area contributed by atoms with Gasteiger partial charge in [0.05, 0.1) is 18.8 Å². The Bertz CT molecular complexity index is 1150. The molecule has 1 saturated heterocycles. The van der Waals surface area contributed by atoms with Crippen LogP contribution in [0.1, 0.15) is 17.2 Å². The summed E-state index contributed by atoms with van der Waals surface area (Å²) in [5.41, 5.74) is 2.39. The number of anilines is 1. The van der Waals surface area contributed by atoms with E-state index in [4.69, 9.17) is 4.74 Å². The van der Waals surface area contributed by atoms with Gasteiger partial charge in [0.25, 0.3) is 0 Å². The first-order valence-electron chi connectivity index (χ1n) is 11.9. The molecule has 1 atom stereocenters. The average molecular weight is 492 g/mol. The minimum atomic E-state index is -0.694. The molecule has 0 spiro atoms. The second kappa shape index (κ2) is 12.1. The fourth-order valence-corrected chi connectivity index (χ4v) is 4.29. The van der Waals surface area contributed by atoms with Gasteiger partial charge in [0, 0.05) is 51.7 Å². The third-order valence-electron chi connectivity index (χ3n) is 6.29. The number of nitrogens with zero attached hydrogens (tertiary/aromatic N) is 3. The van der Waals surface area contributed by atoms with Crippen molar-refractivity contribution >= 4 is 17.5 Å². The molecule has 0 aliphatic carbocycles. The molecule has 0 bridgehead atoms. The lowest BCUT2D eigenvalue weighted by atomic mass is 10.1. The van der Waals surface area contributed by atoms with Crippen molar-refractivity contribution in [2.24, 2.45) is 0 Å². The van der Waals surface area contributed by atoms with Crippen LogP contribution in [0.5, 0.6) is 5.75 Å². The van der Waals surface area contributed by atoms with E-state index in [1.54, 1.807) is 43.8 Å². The summed E-state index contributed by atoms with van der Waals surface area (Å²) >= 11 is 0. The van der Waals surface area contributed by atoms with Crippen LogP contribution in [0.2, 0.25) is 0 Å². The molecular formula is C27H30FN5O3. The highest BCUT2D eigenvalue weighted by molar-refractivity contribution is 6.35. The van der Waals surface area contributed by atoms with E-state index in [1.165, 1.54) is 6.07 Å². The van der Waals surface area contributed by atoms with Crippen molar-refractivity contribution in [1.82, 2.24) is 20.5 Å². The van der Waals surface area contributed by atoms with Crippen LogP contribution < -0.4 is 20.3 Å². The maximum Gasteiger partial charge on any atom is 0.309 e. The van der Waals surface area contributed by atoms with E-state index >= 15 is 0 Å². The number of pyridine rings is 1. The molecule has 1 aliphatic rings. The number of nitrogens with one attached hydrogen (secondary N) is 2. The average Bonchev–Trinajstić information content (AvgIpc) is 2.93. The van der Waals surface area contributed by atoms with E-state index in [9.17, 15) is 14.0 Å². The number of amides is 2. The van der Waals surface area contributed by atoms with Crippen molar-refractivity contribution in [2.75, 3.05) is 44.7 Å². The molecule has 1 aliphatic heterocycles. The van der Waals surface area contributed by atoms with E-state index in [0.717, 1.165) is 16.9 Å². The smallest absolute Gasteiger partial charge is 0.309 e. The van der Waals surface area contributed by atoms with E-state index in [0.29, 0.717) is 31.9 Å². The number of carbonyl (C=O) groups is 2. The molecule has 9 heteroatoms. The predicted octanol–water partition coefficient (Wildman–Crippen LogP) is 2.53. The molecule has 0 unspecified atom stereocenters. The molecule has 2 aromatic carbocycles. The molecule has 2 amide bonds. The van der Waals surface area contributed by atoms with Crippen LogP contribution in [0.3, 0.4) is 0 Å². The Balaban J connectivity index is 1.34. The summed E-state index contributed by atoms with van der Waals surface area (Å²) in [6.07, 6.45) is 3.46. The number of methoxy groups -OCH3 is 1. The zero-order chi connectivity index (χ0) is 25.3. The van der Waals surface area contributed by atoms with Crippen molar-refractivity contribution in [3.63, 3.8) is 0 Å². The zero-order valence-corrected chi connectivity index (χ0v) is 20.2. The maximum absolute atomic E-state index is 14.2. The number of para-hydroxylation sites is 1. The lowest BCUT2D eigenvalue weighted by molar-refractivity contribution is -0.139. The number of piperazine rings is 1. The second-order valence-corrected chi connectivity index (χ2v) is 8.52. The zero-order valence-electron chi connectivity index (χ0n) is 20.2. The Morgan fingerprint density at radius 1 is 0.972 bits per heavy atom. The van der Waals surface area contributed by atoms with Crippen LogP contribution >= 0.6 is 0 Å².